The Balaban J connectivity index is 1.04. The first-order chi connectivity index (χ1) is 18.5. The van der Waals surface area contributed by atoms with E-state index < -0.39 is 0 Å². The molecule has 1 amide bonds. The number of carbonyl (C=O) groups is 1. The molecule has 3 saturated heterocycles. The van der Waals surface area contributed by atoms with Crippen LogP contribution in [0.25, 0.3) is 0 Å². The van der Waals surface area contributed by atoms with Crippen molar-refractivity contribution >= 4 is 29.2 Å². The number of rotatable bonds is 5. The fourth-order valence-corrected chi connectivity index (χ4v) is 5.73. The van der Waals surface area contributed by atoms with Gasteiger partial charge >= 0.3 is 6.09 Å². The van der Waals surface area contributed by atoms with Crippen LogP contribution in [0.15, 0.2) is 48.8 Å². The Morgan fingerprint density at radius 2 is 1.66 bits per heavy atom. The molecule has 0 aliphatic carbocycles. The first-order valence-electron chi connectivity index (χ1n) is 13.2. The van der Waals surface area contributed by atoms with Crippen molar-refractivity contribution in [3.05, 3.63) is 60.0 Å². The van der Waals surface area contributed by atoms with Gasteiger partial charge in [0.1, 0.15) is 6.61 Å². The summed E-state index contributed by atoms with van der Waals surface area (Å²) >= 11 is 0. The number of hydrogen-bond acceptors (Lipinski definition) is 10. The highest BCUT2D eigenvalue weighted by Crippen LogP contribution is 2.36. The lowest BCUT2D eigenvalue weighted by Crippen LogP contribution is -2.54. The number of anilines is 4. The van der Waals surface area contributed by atoms with Crippen LogP contribution >= 0.6 is 0 Å². The number of amides is 1. The second-order valence-electron chi connectivity index (χ2n) is 10.2. The Bertz CT molecular complexity index is 1250. The standard InChI is InChI=1S/C27H33N9O2/c1-19-13-24(25(28)32-31-19)35-16-21-7-8-22(17-35)36(21)26-29-14-23(15-30-26)33-9-11-34(12-10-33)27(37)38-18-20-5-3-2-4-6-20/h2-6,13-15,21-22H,7-12,16-18H2,1H3,(H2,28,32)/t21-,22+. The molecule has 0 radical (unpaired) electrons. The average molecular weight is 516 g/mol. The Morgan fingerprint density at radius 1 is 0.974 bits per heavy atom. The van der Waals surface area contributed by atoms with Crippen molar-refractivity contribution in [1.29, 1.82) is 0 Å². The first-order valence-corrected chi connectivity index (χ1v) is 13.2. The van der Waals surface area contributed by atoms with Crippen LogP contribution in [0.3, 0.4) is 0 Å². The number of nitrogens with two attached hydrogens (primary N) is 1. The van der Waals surface area contributed by atoms with E-state index in [2.05, 4.69) is 24.9 Å². The van der Waals surface area contributed by atoms with Crippen molar-refractivity contribution in [1.82, 2.24) is 25.1 Å². The molecular weight excluding hydrogens is 482 g/mol. The maximum atomic E-state index is 12.5. The summed E-state index contributed by atoms with van der Waals surface area (Å²) in [4.78, 5) is 30.7. The van der Waals surface area contributed by atoms with Crippen molar-refractivity contribution in [3.8, 4) is 0 Å². The SMILES string of the molecule is Cc1cc(N2C[C@H]3CC[C@@H](C2)N3c2ncc(N3CCN(C(=O)OCc4ccccc4)CC3)cn2)c(N)nn1. The van der Waals surface area contributed by atoms with Gasteiger partial charge in [0.15, 0.2) is 5.82 Å². The van der Waals surface area contributed by atoms with Crippen LogP contribution in [0.1, 0.15) is 24.1 Å². The van der Waals surface area contributed by atoms with E-state index in [-0.39, 0.29) is 12.7 Å². The summed E-state index contributed by atoms with van der Waals surface area (Å²) < 4.78 is 5.49. The van der Waals surface area contributed by atoms with Gasteiger partial charge in [0, 0.05) is 51.4 Å². The van der Waals surface area contributed by atoms with Gasteiger partial charge in [0.2, 0.25) is 5.95 Å². The molecule has 6 rings (SSSR count). The minimum atomic E-state index is -0.269. The van der Waals surface area contributed by atoms with Gasteiger partial charge in [-0.25, -0.2) is 14.8 Å². The summed E-state index contributed by atoms with van der Waals surface area (Å²) in [5.74, 6) is 1.26. The number of ether oxygens (including phenoxy) is 1. The molecule has 11 heteroatoms. The van der Waals surface area contributed by atoms with E-state index >= 15 is 0 Å². The van der Waals surface area contributed by atoms with Crippen molar-refractivity contribution in [3.63, 3.8) is 0 Å². The zero-order valence-corrected chi connectivity index (χ0v) is 21.6. The molecule has 198 valence electrons. The fraction of sp³-hybridized carbons (Fsp3) is 0.444. The van der Waals surface area contributed by atoms with Crippen LogP contribution < -0.4 is 20.4 Å². The summed E-state index contributed by atoms with van der Waals surface area (Å²) in [6.07, 6.45) is 5.75. The highest BCUT2D eigenvalue weighted by molar-refractivity contribution is 5.68. The van der Waals surface area contributed by atoms with Gasteiger partial charge in [-0.3, -0.25) is 0 Å². The third-order valence-electron chi connectivity index (χ3n) is 7.71. The van der Waals surface area contributed by atoms with E-state index in [0.29, 0.717) is 44.1 Å². The quantitative estimate of drug-likeness (QED) is 0.543. The van der Waals surface area contributed by atoms with Crippen LogP contribution in [0.5, 0.6) is 0 Å². The number of nitrogens with zero attached hydrogens (tertiary/aromatic N) is 8. The molecule has 3 aromatic rings. The number of piperazine rings is 2. The number of hydrogen-bond donors (Lipinski definition) is 1. The molecule has 5 heterocycles. The molecule has 0 spiro atoms. The zero-order chi connectivity index (χ0) is 26.1. The maximum Gasteiger partial charge on any atom is 0.410 e. The van der Waals surface area contributed by atoms with Gasteiger partial charge in [0.25, 0.3) is 0 Å². The van der Waals surface area contributed by atoms with Gasteiger partial charge in [-0.1, -0.05) is 30.3 Å². The lowest BCUT2D eigenvalue weighted by molar-refractivity contribution is 0.0942. The summed E-state index contributed by atoms with van der Waals surface area (Å²) in [6, 6.07) is 12.4. The number of carbonyl (C=O) groups excluding carboxylic acids is 1. The van der Waals surface area contributed by atoms with Crippen LogP contribution in [-0.4, -0.2) is 82.5 Å². The molecule has 0 saturated carbocycles. The molecule has 3 fully saturated rings. The third kappa shape index (κ3) is 4.88. The number of benzene rings is 1. The minimum absolute atomic E-state index is 0.269. The molecule has 2 bridgehead atoms. The maximum absolute atomic E-state index is 12.5. The third-order valence-corrected chi connectivity index (χ3v) is 7.71. The summed E-state index contributed by atoms with van der Waals surface area (Å²) in [5, 5.41) is 8.17. The highest BCUT2D eigenvalue weighted by Gasteiger charge is 2.42. The Morgan fingerprint density at radius 3 is 2.34 bits per heavy atom. The van der Waals surface area contributed by atoms with E-state index in [4.69, 9.17) is 20.4 Å². The van der Waals surface area contributed by atoms with Crippen molar-refractivity contribution in [2.75, 3.05) is 59.7 Å². The van der Waals surface area contributed by atoms with E-state index in [1.807, 2.05) is 55.7 Å². The van der Waals surface area contributed by atoms with Crippen LogP contribution in [0, 0.1) is 6.92 Å². The van der Waals surface area contributed by atoms with E-state index in [0.717, 1.165) is 54.5 Å². The van der Waals surface area contributed by atoms with Crippen molar-refractivity contribution in [2.24, 2.45) is 0 Å². The second-order valence-corrected chi connectivity index (χ2v) is 10.2. The molecule has 2 N–H and O–H groups in total. The second kappa shape index (κ2) is 10.3. The lowest BCUT2D eigenvalue weighted by Gasteiger charge is -2.42. The molecule has 11 nitrogen and oxygen atoms in total. The Hall–Kier alpha value is -4.15. The van der Waals surface area contributed by atoms with Crippen LogP contribution in [-0.2, 0) is 11.3 Å². The largest absolute Gasteiger partial charge is 0.445 e. The topological polar surface area (TPSA) is 117 Å². The minimum Gasteiger partial charge on any atom is -0.445 e. The molecule has 0 unspecified atom stereocenters. The summed E-state index contributed by atoms with van der Waals surface area (Å²) in [5.41, 5.74) is 9.94. The fourth-order valence-electron chi connectivity index (χ4n) is 5.73. The zero-order valence-electron chi connectivity index (χ0n) is 21.6. The molecule has 1 aromatic carbocycles. The van der Waals surface area contributed by atoms with E-state index in [9.17, 15) is 4.79 Å². The molecule has 3 aliphatic rings. The van der Waals surface area contributed by atoms with Crippen molar-refractivity contribution < 1.29 is 9.53 Å². The molecular formula is C27H33N9O2. The normalized spacial score (nSPS) is 21.1. The van der Waals surface area contributed by atoms with Gasteiger partial charge in [-0.15, -0.1) is 5.10 Å². The number of aromatic nitrogens is 4. The van der Waals surface area contributed by atoms with Crippen LogP contribution in [0.2, 0.25) is 0 Å². The predicted molar refractivity (Wildman–Crippen MR) is 145 cm³/mol. The van der Waals surface area contributed by atoms with Gasteiger partial charge < -0.3 is 30.1 Å². The van der Waals surface area contributed by atoms with Crippen molar-refractivity contribution in [2.45, 2.75) is 38.5 Å². The smallest absolute Gasteiger partial charge is 0.410 e. The average Bonchev–Trinajstić information content (AvgIpc) is 3.22. The molecule has 2 aromatic heterocycles. The van der Waals surface area contributed by atoms with Gasteiger partial charge in [-0.2, -0.15) is 5.10 Å². The number of nitrogen functional groups attached to an aromatic ring is 1. The number of aryl methyl sites for hydroxylation is 1. The highest BCUT2D eigenvalue weighted by atomic mass is 16.6. The summed E-state index contributed by atoms with van der Waals surface area (Å²) in [7, 11) is 0. The Kier molecular flexibility index (Phi) is 6.57. The van der Waals surface area contributed by atoms with Gasteiger partial charge in [0.05, 0.1) is 29.5 Å². The van der Waals surface area contributed by atoms with E-state index in [1.54, 1.807) is 4.90 Å². The monoisotopic (exact) mass is 515 g/mol. The number of fused-ring (bicyclic) bond motifs is 2. The molecule has 3 aliphatic heterocycles. The first kappa shape index (κ1) is 24.2. The Labute approximate surface area is 222 Å². The molecule has 38 heavy (non-hydrogen) atoms. The van der Waals surface area contributed by atoms with E-state index in [1.165, 1.54) is 0 Å². The van der Waals surface area contributed by atoms with Crippen LogP contribution in [0.4, 0.5) is 27.9 Å². The lowest BCUT2D eigenvalue weighted by atomic mass is 10.1. The van der Waals surface area contributed by atoms with Gasteiger partial charge in [-0.05, 0) is 31.4 Å². The predicted octanol–water partition coefficient (Wildman–Crippen LogP) is 2.47. The molecule has 2 atom stereocenters. The summed E-state index contributed by atoms with van der Waals surface area (Å²) in [6.45, 7) is 6.59.